The van der Waals surface area contributed by atoms with Crippen LogP contribution in [-0.2, 0) is 11.9 Å². The number of aromatic nitrogens is 2. The van der Waals surface area contributed by atoms with Crippen LogP contribution in [0.1, 0.15) is 42.3 Å². The van der Waals surface area contributed by atoms with Crippen molar-refractivity contribution in [1.29, 1.82) is 0 Å². The summed E-state index contributed by atoms with van der Waals surface area (Å²) in [5.41, 5.74) is 4.57. The predicted molar refractivity (Wildman–Crippen MR) is 85.5 cm³/mol. The first-order valence-corrected chi connectivity index (χ1v) is 7.96. The lowest BCUT2D eigenvalue weighted by Crippen LogP contribution is -2.04. The third-order valence-electron chi connectivity index (χ3n) is 3.23. The summed E-state index contributed by atoms with van der Waals surface area (Å²) in [6.45, 7) is 8.91. The van der Waals surface area contributed by atoms with Gasteiger partial charge in [0.05, 0.1) is 5.69 Å². The van der Waals surface area contributed by atoms with Crippen LogP contribution in [-0.4, -0.2) is 9.78 Å². The van der Waals surface area contributed by atoms with Crippen molar-refractivity contribution in [3.05, 3.63) is 46.8 Å². The molecule has 0 atom stereocenters. The predicted octanol–water partition coefficient (Wildman–Crippen LogP) is 4.55. The summed E-state index contributed by atoms with van der Waals surface area (Å²) < 4.78 is 7.91. The number of hydrogen-bond acceptors (Lipinski definition) is 2. The smallest absolute Gasteiger partial charge is 0.132 e. The van der Waals surface area contributed by atoms with Crippen LogP contribution in [0.25, 0.3) is 0 Å². The second-order valence-electron chi connectivity index (χ2n) is 5.36. The Kier molecular flexibility index (Phi) is 4.86. The zero-order chi connectivity index (χ0) is 14.7. The second kappa shape index (κ2) is 6.44. The van der Waals surface area contributed by atoms with Crippen LogP contribution in [0.5, 0.6) is 5.75 Å². The third-order valence-corrected chi connectivity index (χ3v) is 3.88. The Bertz CT molecular complexity index is 567. The van der Waals surface area contributed by atoms with Crippen molar-refractivity contribution in [2.45, 2.75) is 45.7 Å². The Labute approximate surface area is 129 Å². The molecule has 0 fully saturated rings. The van der Waals surface area contributed by atoms with Crippen LogP contribution >= 0.6 is 15.9 Å². The molecule has 0 saturated carbocycles. The molecule has 1 heterocycles. The average Bonchev–Trinajstić information content (AvgIpc) is 2.86. The van der Waals surface area contributed by atoms with Crippen molar-refractivity contribution >= 4 is 15.9 Å². The van der Waals surface area contributed by atoms with Gasteiger partial charge in [-0.2, -0.15) is 5.10 Å². The van der Waals surface area contributed by atoms with E-state index in [0.717, 1.165) is 16.8 Å². The van der Waals surface area contributed by atoms with E-state index in [0.29, 0.717) is 12.6 Å². The number of rotatable bonds is 5. The number of aryl methyl sites for hydroxylation is 2. The molecule has 20 heavy (non-hydrogen) atoms. The van der Waals surface area contributed by atoms with Gasteiger partial charge >= 0.3 is 0 Å². The monoisotopic (exact) mass is 336 g/mol. The number of ether oxygens (including phenoxy) is 1. The van der Waals surface area contributed by atoms with E-state index >= 15 is 0 Å². The van der Waals surface area contributed by atoms with E-state index in [4.69, 9.17) is 4.74 Å². The van der Waals surface area contributed by atoms with Gasteiger partial charge in [0.15, 0.2) is 0 Å². The van der Waals surface area contributed by atoms with Crippen LogP contribution in [0.15, 0.2) is 24.4 Å². The van der Waals surface area contributed by atoms with Crippen LogP contribution < -0.4 is 4.74 Å². The zero-order valence-electron chi connectivity index (χ0n) is 12.5. The summed E-state index contributed by atoms with van der Waals surface area (Å²) in [5.74, 6) is 0.966. The third kappa shape index (κ3) is 3.42. The van der Waals surface area contributed by atoms with Crippen molar-refractivity contribution in [3.63, 3.8) is 0 Å². The molecular formula is C16H21BrN2O. The van der Waals surface area contributed by atoms with Crippen LogP contribution in [0.3, 0.4) is 0 Å². The van der Waals surface area contributed by atoms with Crippen molar-refractivity contribution < 1.29 is 4.74 Å². The molecule has 108 valence electrons. The molecule has 0 amide bonds. The Balaban J connectivity index is 2.10. The van der Waals surface area contributed by atoms with Crippen molar-refractivity contribution in [2.24, 2.45) is 0 Å². The molecule has 0 aliphatic carbocycles. The molecule has 0 aliphatic rings. The topological polar surface area (TPSA) is 27.1 Å². The minimum Gasteiger partial charge on any atom is -0.487 e. The maximum atomic E-state index is 5.96. The Hall–Kier alpha value is -1.29. The van der Waals surface area contributed by atoms with E-state index in [-0.39, 0.29) is 0 Å². The van der Waals surface area contributed by atoms with Gasteiger partial charge in [-0.15, -0.1) is 0 Å². The van der Waals surface area contributed by atoms with Crippen LogP contribution in [0, 0.1) is 13.8 Å². The SMILES string of the molecule is Cc1cc(CBr)cc(C)c1OCc1ccn(C(C)C)n1. The molecule has 2 rings (SSSR count). The fourth-order valence-electron chi connectivity index (χ4n) is 2.23. The Morgan fingerprint density at radius 3 is 2.40 bits per heavy atom. The molecule has 0 saturated heterocycles. The lowest BCUT2D eigenvalue weighted by atomic mass is 10.1. The van der Waals surface area contributed by atoms with Crippen molar-refractivity contribution in [2.75, 3.05) is 0 Å². The van der Waals surface area contributed by atoms with E-state index in [1.54, 1.807) is 0 Å². The van der Waals surface area contributed by atoms with Gasteiger partial charge in [-0.05, 0) is 50.5 Å². The molecule has 0 bridgehead atoms. The Morgan fingerprint density at radius 2 is 1.90 bits per heavy atom. The summed E-state index contributed by atoms with van der Waals surface area (Å²) in [6, 6.07) is 6.70. The summed E-state index contributed by atoms with van der Waals surface area (Å²) in [4.78, 5) is 0. The van der Waals surface area contributed by atoms with Crippen molar-refractivity contribution in [1.82, 2.24) is 9.78 Å². The standard InChI is InChI=1S/C16H21BrN2O/c1-11(2)19-6-5-15(18-19)10-20-16-12(3)7-14(9-17)8-13(16)4/h5-8,11H,9-10H2,1-4H3. The first kappa shape index (κ1) is 15.1. The van der Waals surface area contributed by atoms with E-state index in [1.165, 1.54) is 16.7 Å². The second-order valence-corrected chi connectivity index (χ2v) is 5.92. The fourth-order valence-corrected chi connectivity index (χ4v) is 2.56. The zero-order valence-corrected chi connectivity index (χ0v) is 14.1. The molecule has 4 heteroatoms. The van der Waals surface area contributed by atoms with Crippen molar-refractivity contribution in [3.8, 4) is 5.75 Å². The van der Waals surface area contributed by atoms with E-state index in [2.05, 4.69) is 60.9 Å². The van der Waals surface area contributed by atoms with Crippen LogP contribution in [0.4, 0.5) is 0 Å². The van der Waals surface area contributed by atoms with Gasteiger partial charge in [0.1, 0.15) is 12.4 Å². The van der Waals surface area contributed by atoms with Gasteiger partial charge in [0, 0.05) is 17.6 Å². The number of nitrogens with zero attached hydrogens (tertiary/aromatic N) is 2. The summed E-state index contributed by atoms with van der Waals surface area (Å²) >= 11 is 3.49. The molecule has 2 aromatic rings. The highest BCUT2D eigenvalue weighted by atomic mass is 79.9. The quantitative estimate of drug-likeness (QED) is 0.748. The first-order valence-electron chi connectivity index (χ1n) is 6.84. The minimum absolute atomic E-state index is 0.380. The summed E-state index contributed by atoms with van der Waals surface area (Å²) in [7, 11) is 0. The molecular weight excluding hydrogens is 316 g/mol. The lowest BCUT2D eigenvalue weighted by molar-refractivity contribution is 0.294. The molecule has 0 aliphatic heterocycles. The first-order chi connectivity index (χ1) is 9.51. The van der Waals surface area contributed by atoms with Gasteiger partial charge in [0.2, 0.25) is 0 Å². The maximum absolute atomic E-state index is 5.96. The highest BCUT2D eigenvalue weighted by molar-refractivity contribution is 9.08. The largest absolute Gasteiger partial charge is 0.487 e. The van der Waals surface area contributed by atoms with Gasteiger partial charge in [0.25, 0.3) is 0 Å². The summed E-state index contributed by atoms with van der Waals surface area (Å²) in [6.07, 6.45) is 2.00. The van der Waals surface area contributed by atoms with E-state index in [9.17, 15) is 0 Å². The lowest BCUT2D eigenvalue weighted by Gasteiger charge is -2.13. The molecule has 1 aromatic carbocycles. The number of benzene rings is 1. The van der Waals surface area contributed by atoms with Gasteiger partial charge < -0.3 is 4.74 Å². The number of hydrogen-bond donors (Lipinski definition) is 0. The molecule has 0 radical (unpaired) electrons. The fraction of sp³-hybridized carbons (Fsp3) is 0.438. The van der Waals surface area contributed by atoms with E-state index < -0.39 is 0 Å². The average molecular weight is 337 g/mol. The number of halogens is 1. The van der Waals surface area contributed by atoms with Gasteiger partial charge in [-0.1, -0.05) is 28.1 Å². The highest BCUT2D eigenvalue weighted by Gasteiger charge is 2.08. The highest BCUT2D eigenvalue weighted by Crippen LogP contribution is 2.26. The summed E-state index contributed by atoms with van der Waals surface area (Å²) in [5, 5.41) is 5.37. The normalized spacial score (nSPS) is 11.1. The maximum Gasteiger partial charge on any atom is 0.132 e. The molecule has 0 unspecified atom stereocenters. The molecule has 3 nitrogen and oxygen atoms in total. The van der Waals surface area contributed by atoms with Gasteiger partial charge in [-0.3, -0.25) is 4.68 Å². The number of alkyl halides is 1. The molecule has 0 spiro atoms. The van der Waals surface area contributed by atoms with E-state index in [1.807, 2.05) is 16.9 Å². The minimum atomic E-state index is 0.380. The Morgan fingerprint density at radius 1 is 1.25 bits per heavy atom. The van der Waals surface area contributed by atoms with Crippen LogP contribution in [0.2, 0.25) is 0 Å². The van der Waals surface area contributed by atoms with Gasteiger partial charge in [-0.25, -0.2) is 0 Å². The molecule has 0 N–H and O–H groups in total. The molecule has 1 aromatic heterocycles.